The lowest BCUT2D eigenvalue weighted by Crippen LogP contribution is -2.49. The smallest absolute Gasteiger partial charge is 0.290 e. The van der Waals surface area contributed by atoms with Crippen LogP contribution in [0.4, 0.5) is 13.2 Å². The summed E-state index contributed by atoms with van der Waals surface area (Å²) in [5.74, 6) is -4.19. The number of ether oxygens (including phenoxy) is 2. The van der Waals surface area contributed by atoms with E-state index in [1.165, 1.54) is 58.6 Å². The molecule has 3 heterocycles. The fourth-order valence-corrected chi connectivity index (χ4v) is 5.95. The van der Waals surface area contributed by atoms with Crippen molar-refractivity contribution in [1.82, 2.24) is 30.6 Å². The van der Waals surface area contributed by atoms with Crippen LogP contribution >= 0.6 is 0 Å². The summed E-state index contributed by atoms with van der Waals surface area (Å²) in [6.45, 7) is 1.16. The molecule has 282 valence electrons. The number of hydrogen-bond donors (Lipinski definition) is 3. The molecule has 4 aromatic rings. The molecule has 0 radical (unpaired) electrons. The standard InChI is InChI=1S/C36H33F3N6O6.CH2O2/c1-2-7-44-19-33(46)43-31-17-45(35(48)22-5-6-41-42-16-22)18-32(31)50-20-21-8-27(38)14-28(9-21)51-29-12-23(10-24(13-29)36(44)49)34(47)40-15-25-11-26(37)3-4-30(25)39;2-1-3/h3-6,8-14,16,31-32H,2,7,15,17-20H2,1H3,(H,40,47)(H,43,46);1H,(H,2,3)/t31-,32-;/m1./s1. The van der Waals surface area contributed by atoms with Gasteiger partial charge in [-0.1, -0.05) is 6.92 Å². The number of carboxylic acid groups (broad SMARTS) is 1. The number of likely N-dealkylation sites (tertiary alicyclic amines) is 1. The maximum atomic E-state index is 14.9. The van der Waals surface area contributed by atoms with Gasteiger partial charge in [0, 0.05) is 48.9 Å². The largest absolute Gasteiger partial charge is 0.483 e. The van der Waals surface area contributed by atoms with E-state index in [-0.39, 0.29) is 79.9 Å². The molecule has 4 amide bonds. The van der Waals surface area contributed by atoms with Crippen LogP contribution in [0.1, 0.15) is 55.5 Å². The predicted molar refractivity (Wildman–Crippen MR) is 184 cm³/mol. The second-order valence-corrected chi connectivity index (χ2v) is 12.3. The van der Waals surface area contributed by atoms with E-state index in [0.29, 0.717) is 17.5 Å². The zero-order valence-corrected chi connectivity index (χ0v) is 28.8. The molecule has 3 N–H and O–H groups in total. The highest BCUT2D eigenvalue weighted by Crippen LogP contribution is 2.28. The normalized spacial score (nSPS) is 17.0. The van der Waals surface area contributed by atoms with E-state index in [0.717, 1.165) is 24.3 Å². The van der Waals surface area contributed by atoms with E-state index >= 15 is 0 Å². The molecule has 6 rings (SSSR count). The van der Waals surface area contributed by atoms with Gasteiger partial charge in [-0.05, 0) is 66.6 Å². The number of benzene rings is 3. The number of nitrogens with zero attached hydrogens (tertiary/aromatic N) is 4. The van der Waals surface area contributed by atoms with Gasteiger partial charge in [0.05, 0.1) is 43.3 Å². The number of hydrogen-bond acceptors (Lipinski definition) is 9. The topological polar surface area (TPSA) is 180 Å². The minimum absolute atomic E-state index is 0.00371. The Bertz CT molecular complexity index is 2020. The molecular formula is C37H35F3N6O8. The highest BCUT2D eigenvalue weighted by molar-refractivity contribution is 6.01. The SMILES string of the molecule is CCCN1CC(=O)N[C@@H]2CN(C(=O)c3ccnnc3)C[C@H]2OCc2cc(F)cc(c2)Oc2cc(C(=O)NCc3cc(F)ccc3F)cc(c2)C1=O.O=CO. The molecule has 3 aromatic carbocycles. The van der Waals surface area contributed by atoms with Gasteiger partial charge in [0.2, 0.25) is 5.91 Å². The number of halogens is 3. The lowest BCUT2D eigenvalue weighted by molar-refractivity contribution is -0.124. The van der Waals surface area contributed by atoms with Crippen molar-refractivity contribution in [3.8, 4) is 11.5 Å². The minimum Gasteiger partial charge on any atom is -0.483 e. The van der Waals surface area contributed by atoms with E-state index in [4.69, 9.17) is 19.4 Å². The summed E-state index contributed by atoms with van der Waals surface area (Å²) in [7, 11) is 0. The second kappa shape index (κ2) is 17.9. The summed E-state index contributed by atoms with van der Waals surface area (Å²) in [5.41, 5.74) is 0.523. The molecule has 2 aliphatic rings. The van der Waals surface area contributed by atoms with Crippen LogP contribution in [0.2, 0.25) is 0 Å². The molecule has 1 saturated heterocycles. The van der Waals surface area contributed by atoms with E-state index in [9.17, 15) is 32.3 Å². The number of carbonyl (C=O) groups excluding carboxylic acids is 4. The zero-order chi connectivity index (χ0) is 38.8. The van der Waals surface area contributed by atoms with E-state index < -0.39 is 47.3 Å². The van der Waals surface area contributed by atoms with Crippen molar-refractivity contribution in [1.29, 1.82) is 0 Å². The molecule has 17 heteroatoms. The van der Waals surface area contributed by atoms with Crippen molar-refractivity contribution in [3.05, 3.63) is 118 Å². The summed E-state index contributed by atoms with van der Waals surface area (Å²) in [4.78, 5) is 65.1. The minimum atomic E-state index is -0.727. The van der Waals surface area contributed by atoms with Gasteiger partial charge in [-0.2, -0.15) is 10.2 Å². The van der Waals surface area contributed by atoms with Crippen LogP contribution in [0.25, 0.3) is 0 Å². The summed E-state index contributed by atoms with van der Waals surface area (Å²) < 4.78 is 55.0. The Morgan fingerprint density at radius 2 is 1.76 bits per heavy atom. The number of amides is 4. The molecular weight excluding hydrogens is 713 g/mol. The van der Waals surface area contributed by atoms with Gasteiger partial charge >= 0.3 is 0 Å². The van der Waals surface area contributed by atoms with Crippen molar-refractivity contribution in [2.24, 2.45) is 0 Å². The lowest BCUT2D eigenvalue weighted by atomic mass is 10.1. The first kappa shape index (κ1) is 38.9. The monoisotopic (exact) mass is 748 g/mol. The van der Waals surface area contributed by atoms with Crippen molar-refractivity contribution >= 4 is 30.1 Å². The Morgan fingerprint density at radius 3 is 2.50 bits per heavy atom. The van der Waals surface area contributed by atoms with Crippen molar-refractivity contribution in [3.63, 3.8) is 0 Å². The van der Waals surface area contributed by atoms with Crippen molar-refractivity contribution in [2.75, 3.05) is 26.2 Å². The second-order valence-electron chi connectivity index (χ2n) is 12.3. The lowest BCUT2D eigenvalue weighted by Gasteiger charge is -2.25. The van der Waals surface area contributed by atoms with E-state index in [2.05, 4.69) is 20.8 Å². The molecule has 1 fully saturated rings. The molecule has 54 heavy (non-hydrogen) atoms. The van der Waals surface area contributed by atoms with Gasteiger partial charge in [0.25, 0.3) is 24.2 Å². The predicted octanol–water partition coefficient (Wildman–Crippen LogP) is 3.71. The summed E-state index contributed by atoms with van der Waals surface area (Å²) in [6, 6.07) is 11.6. The average molecular weight is 749 g/mol. The van der Waals surface area contributed by atoms with Gasteiger partial charge in [-0.3, -0.25) is 24.0 Å². The molecule has 2 atom stereocenters. The molecule has 2 aliphatic heterocycles. The zero-order valence-electron chi connectivity index (χ0n) is 28.8. The average Bonchev–Trinajstić information content (AvgIpc) is 3.55. The number of aromatic nitrogens is 2. The Balaban J connectivity index is 0.00000181. The van der Waals surface area contributed by atoms with Crippen LogP contribution in [0, 0.1) is 17.5 Å². The summed E-state index contributed by atoms with van der Waals surface area (Å²) >= 11 is 0. The molecule has 0 aliphatic carbocycles. The molecule has 4 bridgehead atoms. The quantitative estimate of drug-likeness (QED) is 0.246. The van der Waals surface area contributed by atoms with Crippen LogP contribution < -0.4 is 15.4 Å². The molecule has 14 nitrogen and oxygen atoms in total. The number of fused-ring (bicyclic) bond motifs is 5. The van der Waals surface area contributed by atoms with Crippen LogP contribution in [-0.2, 0) is 27.5 Å². The van der Waals surface area contributed by atoms with E-state index in [1.807, 2.05) is 6.92 Å². The third-order valence-corrected chi connectivity index (χ3v) is 8.34. The van der Waals surface area contributed by atoms with E-state index in [1.54, 1.807) is 0 Å². The summed E-state index contributed by atoms with van der Waals surface area (Å²) in [6.07, 6.45) is 2.54. The first-order valence-electron chi connectivity index (χ1n) is 16.7. The maximum Gasteiger partial charge on any atom is 0.290 e. The van der Waals surface area contributed by atoms with Crippen LogP contribution in [0.5, 0.6) is 11.5 Å². The molecule has 0 spiro atoms. The Kier molecular flexibility index (Phi) is 12.9. The van der Waals surface area contributed by atoms with Gasteiger partial charge < -0.3 is 35.0 Å². The van der Waals surface area contributed by atoms with Crippen molar-refractivity contribution in [2.45, 2.75) is 38.6 Å². The first-order valence-corrected chi connectivity index (χ1v) is 16.7. The molecule has 0 saturated carbocycles. The number of carbonyl (C=O) groups is 5. The molecule has 1 aromatic heterocycles. The fraction of sp³-hybridized carbons (Fsp3) is 0.270. The van der Waals surface area contributed by atoms with Crippen LogP contribution in [0.3, 0.4) is 0 Å². The highest BCUT2D eigenvalue weighted by Gasteiger charge is 2.38. The fourth-order valence-electron chi connectivity index (χ4n) is 5.95. The maximum absolute atomic E-state index is 14.9. The number of rotatable bonds is 6. The Hall–Kier alpha value is -6.36. The highest BCUT2D eigenvalue weighted by atomic mass is 19.1. The molecule has 0 unspecified atom stereocenters. The third kappa shape index (κ3) is 9.94. The Labute approximate surface area is 306 Å². The van der Waals surface area contributed by atoms with Gasteiger partial charge in [-0.15, -0.1) is 0 Å². The first-order chi connectivity index (χ1) is 26.0. The van der Waals surface area contributed by atoms with Gasteiger partial charge in [0.15, 0.2) is 0 Å². The van der Waals surface area contributed by atoms with Crippen LogP contribution in [0.15, 0.2) is 73.1 Å². The Morgan fingerprint density at radius 1 is 0.981 bits per heavy atom. The van der Waals surface area contributed by atoms with Gasteiger partial charge in [-0.25, -0.2) is 13.2 Å². The van der Waals surface area contributed by atoms with Gasteiger partial charge in [0.1, 0.15) is 29.0 Å². The number of nitrogens with one attached hydrogen (secondary N) is 2. The third-order valence-electron chi connectivity index (χ3n) is 8.34. The van der Waals surface area contributed by atoms with Crippen molar-refractivity contribution < 1.29 is 51.7 Å². The van der Waals surface area contributed by atoms with Crippen LogP contribution in [-0.4, -0.2) is 93.5 Å². The summed E-state index contributed by atoms with van der Waals surface area (Å²) in [5, 5.41) is 19.8.